The molecule has 0 radical (unpaired) electrons. The molecule has 0 unspecified atom stereocenters. The lowest BCUT2D eigenvalue weighted by atomic mass is 10.2. The van der Waals surface area contributed by atoms with Crippen LogP contribution >= 0.6 is 0 Å². The van der Waals surface area contributed by atoms with Gasteiger partial charge in [-0.25, -0.2) is 9.78 Å². The topological polar surface area (TPSA) is 111 Å². The van der Waals surface area contributed by atoms with Crippen molar-refractivity contribution in [2.45, 2.75) is 13.8 Å². The first-order valence-electron chi connectivity index (χ1n) is 11.0. The molecule has 0 aliphatic heterocycles. The number of esters is 1. The van der Waals surface area contributed by atoms with E-state index in [0.717, 1.165) is 11.4 Å². The summed E-state index contributed by atoms with van der Waals surface area (Å²) >= 11 is 0. The predicted octanol–water partition coefficient (Wildman–Crippen LogP) is 4.09. The van der Waals surface area contributed by atoms with Crippen molar-refractivity contribution < 1.29 is 23.9 Å². The van der Waals surface area contributed by atoms with Gasteiger partial charge in [0.05, 0.1) is 6.61 Å². The molecule has 9 nitrogen and oxygen atoms in total. The van der Waals surface area contributed by atoms with Gasteiger partial charge in [-0.3, -0.25) is 9.59 Å². The van der Waals surface area contributed by atoms with Gasteiger partial charge in [0.15, 0.2) is 12.3 Å². The SMILES string of the molecule is CCOc1ccc(NC(=O)c2ccc(NC(=O)COC(=O)c3cn4c(C)cccc4n3)cc2)cc1. The standard InChI is InChI=1S/C26H24N4O5/c1-3-34-21-13-11-20(12-14-21)28-25(32)18-7-9-19(10-8-18)27-24(31)16-35-26(33)22-15-30-17(2)5-4-6-23(30)29-22/h4-15H,3,16H2,1-2H3,(H,27,31)(H,28,32). The lowest BCUT2D eigenvalue weighted by Crippen LogP contribution is -2.21. The van der Waals surface area contributed by atoms with Crippen LogP contribution in [0, 0.1) is 6.92 Å². The Morgan fingerprint density at radius 3 is 2.29 bits per heavy atom. The van der Waals surface area contributed by atoms with Crippen molar-refractivity contribution in [1.29, 1.82) is 0 Å². The van der Waals surface area contributed by atoms with Crippen LogP contribution in [0.5, 0.6) is 5.75 Å². The van der Waals surface area contributed by atoms with Crippen LogP contribution < -0.4 is 15.4 Å². The molecule has 2 heterocycles. The number of aromatic nitrogens is 2. The van der Waals surface area contributed by atoms with E-state index >= 15 is 0 Å². The molecule has 2 N–H and O–H groups in total. The minimum atomic E-state index is -0.690. The Balaban J connectivity index is 1.28. The molecule has 0 saturated heterocycles. The summed E-state index contributed by atoms with van der Waals surface area (Å²) in [7, 11) is 0. The van der Waals surface area contributed by atoms with Crippen molar-refractivity contribution in [3.8, 4) is 5.75 Å². The monoisotopic (exact) mass is 472 g/mol. The number of rotatable bonds is 8. The first kappa shape index (κ1) is 23.5. The van der Waals surface area contributed by atoms with Crippen molar-refractivity contribution in [3.63, 3.8) is 0 Å². The largest absolute Gasteiger partial charge is 0.494 e. The van der Waals surface area contributed by atoms with Crippen LogP contribution in [-0.4, -0.2) is 40.4 Å². The third-order valence-electron chi connectivity index (χ3n) is 5.09. The predicted molar refractivity (Wildman–Crippen MR) is 131 cm³/mol. The molecule has 0 aliphatic carbocycles. The summed E-state index contributed by atoms with van der Waals surface area (Å²) in [5, 5.41) is 5.43. The van der Waals surface area contributed by atoms with Gasteiger partial charge in [-0.1, -0.05) is 6.07 Å². The number of aryl methyl sites for hydroxylation is 1. The van der Waals surface area contributed by atoms with Gasteiger partial charge in [-0.05, 0) is 74.5 Å². The second-order valence-corrected chi connectivity index (χ2v) is 7.63. The molecule has 9 heteroatoms. The van der Waals surface area contributed by atoms with E-state index in [0.29, 0.717) is 29.2 Å². The van der Waals surface area contributed by atoms with Gasteiger partial charge >= 0.3 is 5.97 Å². The molecule has 0 aliphatic rings. The fourth-order valence-corrected chi connectivity index (χ4v) is 3.36. The van der Waals surface area contributed by atoms with Gasteiger partial charge in [0, 0.05) is 28.8 Å². The smallest absolute Gasteiger partial charge is 0.359 e. The number of carbonyl (C=O) groups excluding carboxylic acids is 3. The summed E-state index contributed by atoms with van der Waals surface area (Å²) in [5.41, 5.74) is 3.18. The first-order chi connectivity index (χ1) is 16.9. The zero-order valence-electron chi connectivity index (χ0n) is 19.3. The molecular formula is C26H24N4O5. The minimum absolute atomic E-state index is 0.120. The number of fused-ring (bicyclic) bond motifs is 1. The Morgan fingerprint density at radius 1 is 0.914 bits per heavy atom. The van der Waals surface area contributed by atoms with E-state index in [1.165, 1.54) is 0 Å². The van der Waals surface area contributed by atoms with Crippen LogP contribution in [0.4, 0.5) is 11.4 Å². The minimum Gasteiger partial charge on any atom is -0.494 e. The Morgan fingerprint density at radius 2 is 1.60 bits per heavy atom. The average Bonchev–Trinajstić information content (AvgIpc) is 3.30. The number of imidazole rings is 1. The number of benzene rings is 2. The molecule has 35 heavy (non-hydrogen) atoms. The first-order valence-corrected chi connectivity index (χ1v) is 11.0. The summed E-state index contributed by atoms with van der Waals surface area (Å²) < 4.78 is 12.2. The Kier molecular flexibility index (Phi) is 7.06. The number of anilines is 2. The number of hydrogen-bond acceptors (Lipinski definition) is 6. The molecule has 0 saturated carbocycles. The van der Waals surface area contributed by atoms with Crippen LogP contribution in [0.15, 0.2) is 72.9 Å². The van der Waals surface area contributed by atoms with E-state index in [-0.39, 0.29) is 11.6 Å². The fourth-order valence-electron chi connectivity index (χ4n) is 3.36. The Labute approximate surface area is 201 Å². The average molecular weight is 473 g/mol. The van der Waals surface area contributed by atoms with Gasteiger partial charge in [-0.15, -0.1) is 0 Å². The highest BCUT2D eigenvalue weighted by atomic mass is 16.5. The van der Waals surface area contributed by atoms with Gasteiger partial charge < -0.3 is 24.5 Å². The molecule has 0 fully saturated rings. The lowest BCUT2D eigenvalue weighted by Gasteiger charge is -2.09. The normalized spacial score (nSPS) is 10.6. The second kappa shape index (κ2) is 10.5. The number of hydrogen-bond donors (Lipinski definition) is 2. The fraction of sp³-hybridized carbons (Fsp3) is 0.154. The van der Waals surface area contributed by atoms with Crippen molar-refractivity contribution in [2.75, 3.05) is 23.8 Å². The van der Waals surface area contributed by atoms with Crippen molar-refractivity contribution in [1.82, 2.24) is 9.38 Å². The molecule has 2 aromatic heterocycles. The van der Waals surface area contributed by atoms with E-state index in [1.54, 1.807) is 65.2 Å². The van der Waals surface area contributed by atoms with Crippen LogP contribution in [0.3, 0.4) is 0 Å². The lowest BCUT2D eigenvalue weighted by molar-refractivity contribution is -0.119. The number of amides is 2. The maximum atomic E-state index is 12.5. The molecule has 2 aromatic carbocycles. The molecule has 4 rings (SSSR count). The van der Waals surface area contributed by atoms with Gasteiger partial charge in [0.1, 0.15) is 11.4 Å². The second-order valence-electron chi connectivity index (χ2n) is 7.63. The third-order valence-corrected chi connectivity index (χ3v) is 5.09. The zero-order chi connectivity index (χ0) is 24.8. The van der Waals surface area contributed by atoms with Gasteiger partial charge in [0.25, 0.3) is 11.8 Å². The van der Waals surface area contributed by atoms with Crippen molar-refractivity contribution >= 4 is 34.8 Å². The molecular weight excluding hydrogens is 448 g/mol. The van der Waals surface area contributed by atoms with Crippen LogP contribution in [0.25, 0.3) is 5.65 Å². The van der Waals surface area contributed by atoms with Crippen LogP contribution in [0.1, 0.15) is 33.5 Å². The summed E-state index contributed by atoms with van der Waals surface area (Å²) in [4.78, 5) is 41.2. The number of nitrogens with one attached hydrogen (secondary N) is 2. The van der Waals surface area contributed by atoms with Crippen LogP contribution in [-0.2, 0) is 9.53 Å². The number of carbonyl (C=O) groups is 3. The number of ether oxygens (including phenoxy) is 2. The number of pyridine rings is 1. The van der Waals surface area contributed by atoms with E-state index in [1.807, 2.05) is 26.0 Å². The molecule has 2 amide bonds. The maximum absolute atomic E-state index is 12.5. The molecule has 178 valence electrons. The summed E-state index contributed by atoms with van der Waals surface area (Å²) in [6.45, 7) is 3.90. The maximum Gasteiger partial charge on any atom is 0.359 e. The highest BCUT2D eigenvalue weighted by molar-refractivity contribution is 6.04. The zero-order valence-corrected chi connectivity index (χ0v) is 19.3. The quantitative estimate of drug-likeness (QED) is 0.374. The molecule has 0 spiro atoms. The highest BCUT2D eigenvalue weighted by Gasteiger charge is 2.15. The van der Waals surface area contributed by atoms with E-state index in [4.69, 9.17) is 9.47 Å². The highest BCUT2D eigenvalue weighted by Crippen LogP contribution is 2.17. The summed E-state index contributed by atoms with van der Waals surface area (Å²) in [5.74, 6) is -0.761. The van der Waals surface area contributed by atoms with Crippen LogP contribution in [0.2, 0.25) is 0 Å². The molecule has 0 atom stereocenters. The van der Waals surface area contributed by atoms with Crippen molar-refractivity contribution in [3.05, 3.63) is 89.9 Å². The summed E-state index contributed by atoms with van der Waals surface area (Å²) in [6, 6.07) is 18.9. The van der Waals surface area contributed by atoms with Crippen molar-refractivity contribution in [2.24, 2.45) is 0 Å². The summed E-state index contributed by atoms with van der Waals surface area (Å²) in [6.07, 6.45) is 1.57. The molecule has 4 aromatic rings. The van der Waals surface area contributed by atoms with E-state index in [9.17, 15) is 14.4 Å². The third kappa shape index (κ3) is 5.83. The van der Waals surface area contributed by atoms with Gasteiger partial charge in [-0.2, -0.15) is 0 Å². The Hall–Kier alpha value is -4.66. The van der Waals surface area contributed by atoms with E-state index in [2.05, 4.69) is 15.6 Å². The number of nitrogens with zero attached hydrogens (tertiary/aromatic N) is 2. The molecule has 0 bridgehead atoms. The van der Waals surface area contributed by atoms with E-state index < -0.39 is 18.5 Å². The van der Waals surface area contributed by atoms with Gasteiger partial charge in [0.2, 0.25) is 0 Å². The Bertz CT molecular complexity index is 1360.